The first kappa shape index (κ1) is 16.8. The summed E-state index contributed by atoms with van der Waals surface area (Å²) in [6.45, 7) is 1.52. The molecule has 1 aliphatic heterocycles. The molecule has 6 heteroatoms. The number of sulfone groups is 1. The number of rotatable bonds is 6. The van der Waals surface area contributed by atoms with E-state index in [2.05, 4.69) is 0 Å². The van der Waals surface area contributed by atoms with Gasteiger partial charge in [-0.25, -0.2) is 8.42 Å². The van der Waals surface area contributed by atoms with E-state index in [9.17, 15) is 8.42 Å². The second-order valence-electron chi connectivity index (χ2n) is 5.89. The molecule has 5 nitrogen and oxygen atoms in total. The maximum Gasteiger partial charge on any atom is 0.179 e. The van der Waals surface area contributed by atoms with Gasteiger partial charge in [0.1, 0.15) is 12.7 Å². The summed E-state index contributed by atoms with van der Waals surface area (Å²) < 4.78 is 36.2. The van der Waals surface area contributed by atoms with Crippen molar-refractivity contribution in [1.82, 2.24) is 4.90 Å². The van der Waals surface area contributed by atoms with Crippen LogP contribution < -0.4 is 9.47 Å². The maximum absolute atomic E-state index is 12.3. The first-order valence-corrected chi connectivity index (χ1v) is 9.55. The predicted molar refractivity (Wildman–Crippen MR) is 92.3 cm³/mol. The van der Waals surface area contributed by atoms with Crippen LogP contribution in [0.2, 0.25) is 0 Å². The number of hydrogen-bond acceptors (Lipinski definition) is 5. The van der Waals surface area contributed by atoms with Gasteiger partial charge in [-0.3, -0.25) is 0 Å². The van der Waals surface area contributed by atoms with Gasteiger partial charge in [0.25, 0.3) is 0 Å². The van der Waals surface area contributed by atoms with Crippen molar-refractivity contribution in [3.05, 3.63) is 54.6 Å². The van der Waals surface area contributed by atoms with Gasteiger partial charge < -0.3 is 14.4 Å². The van der Waals surface area contributed by atoms with E-state index in [1.165, 1.54) is 0 Å². The predicted octanol–water partition coefficient (Wildman–Crippen LogP) is 2.23. The summed E-state index contributed by atoms with van der Waals surface area (Å²) in [5.74, 6) is 1.57. The normalized spacial score (nSPS) is 17.0. The molecule has 0 aromatic heterocycles. The minimum atomic E-state index is -3.26. The van der Waals surface area contributed by atoms with Crippen LogP contribution in [0.15, 0.2) is 59.5 Å². The Morgan fingerprint density at radius 2 is 1.71 bits per heavy atom. The number of ether oxygens (including phenoxy) is 2. The van der Waals surface area contributed by atoms with E-state index in [4.69, 9.17) is 9.47 Å². The van der Waals surface area contributed by atoms with E-state index in [1.54, 1.807) is 24.3 Å². The van der Waals surface area contributed by atoms with Gasteiger partial charge in [0.15, 0.2) is 21.3 Å². The van der Waals surface area contributed by atoms with Crippen molar-refractivity contribution in [2.24, 2.45) is 0 Å². The van der Waals surface area contributed by atoms with E-state index in [0.717, 1.165) is 11.5 Å². The average molecular weight is 347 g/mol. The highest BCUT2D eigenvalue weighted by molar-refractivity contribution is 7.91. The van der Waals surface area contributed by atoms with Crippen LogP contribution >= 0.6 is 0 Å². The van der Waals surface area contributed by atoms with Crippen molar-refractivity contribution in [3.8, 4) is 11.5 Å². The Bertz CT molecular complexity index is 777. The molecule has 0 aliphatic carbocycles. The molecule has 0 bridgehead atoms. The third kappa shape index (κ3) is 4.07. The van der Waals surface area contributed by atoms with E-state index in [0.29, 0.717) is 24.6 Å². The van der Waals surface area contributed by atoms with Crippen LogP contribution in [-0.4, -0.2) is 51.9 Å². The van der Waals surface area contributed by atoms with Crippen LogP contribution in [0.1, 0.15) is 0 Å². The summed E-state index contributed by atoms with van der Waals surface area (Å²) >= 11 is 0. The topological polar surface area (TPSA) is 55.8 Å². The van der Waals surface area contributed by atoms with Crippen LogP contribution in [0.3, 0.4) is 0 Å². The molecule has 0 N–H and O–H groups in total. The Morgan fingerprint density at radius 1 is 1.04 bits per heavy atom. The van der Waals surface area contributed by atoms with Crippen LogP contribution in [-0.2, 0) is 9.84 Å². The molecule has 0 saturated carbocycles. The molecule has 128 valence electrons. The van der Waals surface area contributed by atoms with Crippen molar-refractivity contribution in [2.75, 3.05) is 32.5 Å². The van der Waals surface area contributed by atoms with Crippen LogP contribution in [0, 0.1) is 0 Å². The summed E-state index contributed by atoms with van der Waals surface area (Å²) in [6, 6.07) is 16.1. The van der Waals surface area contributed by atoms with Gasteiger partial charge in [-0.15, -0.1) is 0 Å². The Kier molecular flexibility index (Phi) is 5.06. The maximum atomic E-state index is 12.3. The molecule has 0 fully saturated rings. The summed E-state index contributed by atoms with van der Waals surface area (Å²) in [6.07, 6.45) is -0.107. The van der Waals surface area contributed by atoms with Crippen LogP contribution in [0.5, 0.6) is 11.5 Å². The van der Waals surface area contributed by atoms with Crippen molar-refractivity contribution >= 4 is 9.84 Å². The second kappa shape index (κ2) is 7.23. The number of benzene rings is 2. The monoisotopic (exact) mass is 347 g/mol. The third-order valence-electron chi connectivity index (χ3n) is 3.93. The molecule has 2 aromatic rings. The Hall–Kier alpha value is -2.05. The number of likely N-dealkylation sites (N-methyl/N-ethyl adjacent to an activating group) is 1. The summed E-state index contributed by atoms with van der Waals surface area (Å²) in [4.78, 5) is 2.33. The third-order valence-corrected chi connectivity index (χ3v) is 5.64. The molecule has 0 radical (unpaired) electrons. The molecule has 1 atom stereocenters. The lowest BCUT2D eigenvalue weighted by atomic mass is 10.2. The van der Waals surface area contributed by atoms with Gasteiger partial charge in [0.2, 0.25) is 0 Å². The molecule has 0 spiro atoms. The molecule has 0 amide bonds. The molecule has 3 rings (SSSR count). The fraction of sp³-hybridized carbons (Fsp3) is 0.333. The number of nitrogens with zero attached hydrogens (tertiary/aromatic N) is 1. The van der Waals surface area contributed by atoms with Gasteiger partial charge in [-0.05, 0) is 31.3 Å². The minimum absolute atomic E-state index is 0.0810. The SMILES string of the molecule is CN(CCS(=O)(=O)c1ccccc1)C[C@H]1COc2ccccc2O1. The van der Waals surface area contributed by atoms with Crippen molar-refractivity contribution < 1.29 is 17.9 Å². The fourth-order valence-electron chi connectivity index (χ4n) is 2.61. The highest BCUT2D eigenvalue weighted by Crippen LogP contribution is 2.30. The Labute approximate surface area is 142 Å². The lowest BCUT2D eigenvalue weighted by molar-refractivity contribution is 0.0669. The van der Waals surface area contributed by atoms with E-state index < -0.39 is 9.84 Å². The smallest absolute Gasteiger partial charge is 0.179 e. The standard InChI is InChI=1S/C18H21NO4S/c1-19(11-12-24(20,21)16-7-3-2-4-8-16)13-15-14-22-17-9-5-6-10-18(17)23-15/h2-10,15H,11-14H2,1H3/t15-/m0/s1. The molecule has 0 unspecified atom stereocenters. The van der Waals surface area contributed by atoms with Crippen molar-refractivity contribution in [1.29, 1.82) is 0 Å². The van der Waals surface area contributed by atoms with Gasteiger partial charge in [0.05, 0.1) is 10.6 Å². The van der Waals surface area contributed by atoms with Crippen LogP contribution in [0.25, 0.3) is 0 Å². The van der Waals surface area contributed by atoms with Gasteiger partial charge in [-0.1, -0.05) is 30.3 Å². The number of hydrogen-bond donors (Lipinski definition) is 0. The lowest BCUT2D eigenvalue weighted by Gasteiger charge is -2.29. The van der Waals surface area contributed by atoms with Crippen molar-refractivity contribution in [3.63, 3.8) is 0 Å². The molecular formula is C18H21NO4S. The molecule has 1 heterocycles. The van der Waals surface area contributed by atoms with Gasteiger partial charge >= 0.3 is 0 Å². The summed E-state index contributed by atoms with van der Waals surface area (Å²) in [7, 11) is -1.37. The lowest BCUT2D eigenvalue weighted by Crippen LogP contribution is -2.40. The zero-order chi connectivity index (χ0) is 17.0. The van der Waals surface area contributed by atoms with Gasteiger partial charge in [-0.2, -0.15) is 0 Å². The number of fused-ring (bicyclic) bond motifs is 1. The molecule has 1 aliphatic rings. The highest BCUT2D eigenvalue weighted by Gasteiger charge is 2.23. The van der Waals surface area contributed by atoms with E-state index in [-0.39, 0.29) is 11.9 Å². The summed E-state index contributed by atoms with van der Waals surface area (Å²) in [5, 5.41) is 0. The Morgan fingerprint density at radius 3 is 2.46 bits per heavy atom. The number of para-hydroxylation sites is 2. The Balaban J connectivity index is 1.53. The molecular weight excluding hydrogens is 326 g/mol. The van der Waals surface area contributed by atoms with Crippen molar-refractivity contribution in [2.45, 2.75) is 11.0 Å². The van der Waals surface area contributed by atoms with E-state index >= 15 is 0 Å². The molecule has 0 saturated heterocycles. The van der Waals surface area contributed by atoms with Gasteiger partial charge in [0, 0.05) is 13.1 Å². The fourth-order valence-corrected chi connectivity index (χ4v) is 3.97. The second-order valence-corrected chi connectivity index (χ2v) is 8.00. The quantitative estimate of drug-likeness (QED) is 0.802. The molecule has 2 aromatic carbocycles. The average Bonchev–Trinajstić information content (AvgIpc) is 2.61. The molecule has 24 heavy (non-hydrogen) atoms. The summed E-state index contributed by atoms with van der Waals surface area (Å²) in [5.41, 5.74) is 0. The van der Waals surface area contributed by atoms with E-state index in [1.807, 2.05) is 42.3 Å². The largest absolute Gasteiger partial charge is 0.486 e. The first-order chi connectivity index (χ1) is 11.5. The highest BCUT2D eigenvalue weighted by atomic mass is 32.2. The minimum Gasteiger partial charge on any atom is -0.486 e. The first-order valence-electron chi connectivity index (χ1n) is 7.89. The zero-order valence-electron chi connectivity index (χ0n) is 13.6. The zero-order valence-corrected chi connectivity index (χ0v) is 14.4. The van der Waals surface area contributed by atoms with Crippen LogP contribution in [0.4, 0.5) is 0 Å².